The van der Waals surface area contributed by atoms with Crippen LogP contribution in [0.15, 0.2) is 16.6 Å². The quantitative estimate of drug-likeness (QED) is 0.664. The Kier molecular flexibility index (Phi) is 3.10. The number of carbonyl (C=O) groups is 2. The van der Waals surface area contributed by atoms with Crippen LogP contribution in [-0.4, -0.2) is 17.0 Å². The summed E-state index contributed by atoms with van der Waals surface area (Å²) in [7, 11) is 0. The third-order valence-corrected chi connectivity index (χ3v) is 3.46. The number of anilines is 1. The van der Waals surface area contributed by atoms with Crippen molar-refractivity contribution in [2.75, 3.05) is 5.32 Å². The summed E-state index contributed by atoms with van der Waals surface area (Å²) < 4.78 is 26.6. The molecule has 1 aliphatic rings. The summed E-state index contributed by atoms with van der Waals surface area (Å²) in [5, 5.41) is 11.0. The Labute approximate surface area is 109 Å². The maximum Gasteiger partial charge on any atom is 0.319 e. The van der Waals surface area contributed by atoms with Crippen molar-refractivity contribution in [2.24, 2.45) is 5.41 Å². The van der Waals surface area contributed by atoms with E-state index in [0.29, 0.717) is 0 Å². The largest absolute Gasteiger partial charge is 0.480 e. The van der Waals surface area contributed by atoms with Crippen LogP contribution in [0.25, 0.3) is 0 Å². The van der Waals surface area contributed by atoms with Crippen molar-refractivity contribution in [1.29, 1.82) is 0 Å². The van der Waals surface area contributed by atoms with Crippen LogP contribution in [0.4, 0.5) is 14.5 Å². The number of carboxylic acids is 1. The lowest BCUT2D eigenvalue weighted by Gasteiger charge is -2.11. The first-order valence-electron chi connectivity index (χ1n) is 5.06. The maximum absolute atomic E-state index is 13.4. The molecule has 1 aromatic rings. The van der Waals surface area contributed by atoms with E-state index in [1.165, 1.54) is 0 Å². The monoisotopic (exact) mass is 319 g/mol. The van der Waals surface area contributed by atoms with Gasteiger partial charge in [0.2, 0.25) is 5.91 Å². The van der Waals surface area contributed by atoms with Gasteiger partial charge in [-0.2, -0.15) is 0 Å². The zero-order valence-electron chi connectivity index (χ0n) is 8.97. The number of rotatable bonds is 3. The van der Waals surface area contributed by atoms with E-state index in [9.17, 15) is 18.4 Å². The van der Waals surface area contributed by atoms with Gasteiger partial charge in [0.1, 0.15) is 17.0 Å². The Bertz CT molecular complexity index is 543. The van der Waals surface area contributed by atoms with Crippen LogP contribution in [0.1, 0.15) is 12.8 Å². The predicted molar refractivity (Wildman–Crippen MR) is 62.0 cm³/mol. The number of halogens is 3. The third kappa shape index (κ3) is 2.10. The third-order valence-electron chi connectivity index (χ3n) is 2.85. The molecule has 0 atom stereocenters. The van der Waals surface area contributed by atoms with Gasteiger partial charge in [-0.1, -0.05) is 0 Å². The fourth-order valence-corrected chi connectivity index (χ4v) is 1.84. The first kappa shape index (κ1) is 12.9. The Morgan fingerprint density at radius 2 is 1.89 bits per heavy atom. The highest BCUT2D eigenvalue weighted by atomic mass is 79.9. The minimum atomic E-state index is -1.49. The highest BCUT2D eigenvalue weighted by molar-refractivity contribution is 9.10. The van der Waals surface area contributed by atoms with Gasteiger partial charge >= 0.3 is 5.97 Å². The summed E-state index contributed by atoms with van der Waals surface area (Å²) >= 11 is 2.80. The molecule has 0 aliphatic heterocycles. The number of nitrogens with one attached hydrogen (secondary N) is 1. The second-order valence-electron chi connectivity index (χ2n) is 4.09. The molecule has 1 amide bonds. The Morgan fingerprint density at radius 3 is 2.39 bits per heavy atom. The average molecular weight is 320 g/mol. The second kappa shape index (κ2) is 4.31. The molecule has 2 N–H and O–H groups in total. The highest BCUT2D eigenvalue weighted by Crippen LogP contribution is 2.46. The normalized spacial score (nSPS) is 16.2. The first-order chi connectivity index (χ1) is 8.36. The molecule has 1 fully saturated rings. The van der Waals surface area contributed by atoms with Crippen LogP contribution in [0, 0.1) is 17.0 Å². The second-order valence-corrected chi connectivity index (χ2v) is 4.94. The first-order valence-corrected chi connectivity index (χ1v) is 5.85. The van der Waals surface area contributed by atoms with Crippen molar-refractivity contribution in [1.82, 2.24) is 0 Å². The number of benzene rings is 1. The van der Waals surface area contributed by atoms with Crippen LogP contribution in [0.2, 0.25) is 0 Å². The summed E-state index contributed by atoms with van der Waals surface area (Å²) in [5.74, 6) is -3.65. The Morgan fingerprint density at radius 1 is 1.28 bits per heavy atom. The van der Waals surface area contributed by atoms with E-state index in [2.05, 4.69) is 21.2 Å². The lowest BCUT2D eigenvalue weighted by atomic mass is 10.1. The van der Waals surface area contributed by atoms with Gasteiger partial charge in [0.15, 0.2) is 0 Å². The molecule has 96 valence electrons. The molecule has 0 unspecified atom stereocenters. The van der Waals surface area contributed by atoms with Gasteiger partial charge in [-0.3, -0.25) is 9.59 Å². The van der Waals surface area contributed by atoms with Crippen molar-refractivity contribution in [3.05, 3.63) is 28.2 Å². The van der Waals surface area contributed by atoms with Gasteiger partial charge in [-0.05, 0) is 34.8 Å². The van der Waals surface area contributed by atoms with Crippen molar-refractivity contribution in [2.45, 2.75) is 12.8 Å². The standard InChI is InChI=1S/C11H8BrF2NO3/c12-5-3-7(14)8(4-6(5)13)15-9(16)11(1-2-11)10(17)18/h3-4H,1-2H2,(H,15,16)(H,17,18). The average Bonchev–Trinajstić information content (AvgIpc) is 3.06. The van der Waals surface area contributed by atoms with Crippen molar-refractivity contribution >= 4 is 33.5 Å². The van der Waals surface area contributed by atoms with Gasteiger partial charge < -0.3 is 10.4 Å². The van der Waals surface area contributed by atoms with E-state index in [4.69, 9.17) is 5.11 Å². The van der Waals surface area contributed by atoms with Crippen LogP contribution < -0.4 is 5.32 Å². The molecule has 1 aliphatic carbocycles. The number of carbonyl (C=O) groups excluding carboxylic acids is 1. The molecule has 1 aromatic carbocycles. The number of amides is 1. The summed E-state index contributed by atoms with van der Waals surface area (Å²) in [5.41, 5.74) is -1.86. The van der Waals surface area contributed by atoms with Gasteiger partial charge in [0.05, 0.1) is 10.2 Å². The molecule has 7 heteroatoms. The van der Waals surface area contributed by atoms with Crippen molar-refractivity contribution in [3.8, 4) is 0 Å². The number of hydrogen-bond acceptors (Lipinski definition) is 2. The minimum Gasteiger partial charge on any atom is -0.480 e. The summed E-state index contributed by atoms with van der Waals surface area (Å²) in [6.07, 6.45) is 0.406. The Balaban J connectivity index is 2.23. The minimum absolute atomic E-state index is 0.0719. The predicted octanol–water partition coefficient (Wildman–Crippen LogP) is 2.53. The molecular formula is C11H8BrF2NO3. The van der Waals surface area contributed by atoms with E-state index < -0.39 is 28.9 Å². The zero-order valence-corrected chi connectivity index (χ0v) is 10.6. The van der Waals surface area contributed by atoms with Crippen LogP contribution in [0.5, 0.6) is 0 Å². The topological polar surface area (TPSA) is 66.4 Å². The molecule has 0 aromatic heterocycles. The van der Waals surface area contributed by atoms with Gasteiger partial charge in [-0.25, -0.2) is 8.78 Å². The maximum atomic E-state index is 13.4. The van der Waals surface area contributed by atoms with E-state index in [-0.39, 0.29) is 23.0 Å². The van der Waals surface area contributed by atoms with E-state index in [1.807, 2.05) is 0 Å². The lowest BCUT2D eigenvalue weighted by molar-refractivity contribution is -0.147. The summed E-state index contributed by atoms with van der Waals surface area (Å²) in [6.45, 7) is 0. The number of aliphatic carboxylic acids is 1. The highest BCUT2D eigenvalue weighted by Gasteiger charge is 2.57. The fraction of sp³-hybridized carbons (Fsp3) is 0.273. The summed E-state index contributed by atoms with van der Waals surface area (Å²) in [6, 6.07) is 1.67. The van der Waals surface area contributed by atoms with Gasteiger partial charge in [0, 0.05) is 6.07 Å². The molecule has 0 saturated heterocycles. The Hall–Kier alpha value is -1.50. The smallest absolute Gasteiger partial charge is 0.319 e. The lowest BCUT2D eigenvalue weighted by Crippen LogP contribution is -2.31. The molecule has 0 spiro atoms. The van der Waals surface area contributed by atoms with Crippen molar-refractivity contribution in [3.63, 3.8) is 0 Å². The molecule has 2 rings (SSSR count). The van der Waals surface area contributed by atoms with Gasteiger partial charge in [0.25, 0.3) is 0 Å². The van der Waals surface area contributed by atoms with Crippen LogP contribution in [-0.2, 0) is 9.59 Å². The molecule has 0 heterocycles. The number of carboxylic acid groups (broad SMARTS) is 1. The number of hydrogen-bond donors (Lipinski definition) is 2. The van der Waals surface area contributed by atoms with Crippen LogP contribution in [0.3, 0.4) is 0 Å². The van der Waals surface area contributed by atoms with Gasteiger partial charge in [-0.15, -0.1) is 0 Å². The van der Waals surface area contributed by atoms with E-state index in [0.717, 1.165) is 12.1 Å². The molecule has 0 radical (unpaired) electrons. The molecular weight excluding hydrogens is 312 g/mol. The molecule has 1 saturated carbocycles. The fourth-order valence-electron chi connectivity index (χ4n) is 1.52. The molecule has 18 heavy (non-hydrogen) atoms. The van der Waals surface area contributed by atoms with E-state index in [1.54, 1.807) is 0 Å². The van der Waals surface area contributed by atoms with Crippen molar-refractivity contribution < 1.29 is 23.5 Å². The summed E-state index contributed by atoms with van der Waals surface area (Å²) in [4.78, 5) is 22.6. The van der Waals surface area contributed by atoms with E-state index >= 15 is 0 Å². The SMILES string of the molecule is O=C(O)C1(C(=O)Nc2cc(F)c(Br)cc2F)CC1. The molecule has 0 bridgehead atoms. The molecule has 4 nitrogen and oxygen atoms in total. The zero-order chi connectivity index (χ0) is 13.5. The van der Waals surface area contributed by atoms with Crippen LogP contribution >= 0.6 is 15.9 Å².